The summed E-state index contributed by atoms with van der Waals surface area (Å²) in [5.41, 5.74) is 0.655. The van der Waals surface area contributed by atoms with Crippen molar-refractivity contribution in [3.8, 4) is 0 Å². The fourth-order valence-electron chi connectivity index (χ4n) is 2.24. The lowest BCUT2D eigenvalue weighted by Gasteiger charge is -2.27. The van der Waals surface area contributed by atoms with Crippen LogP contribution in [-0.2, 0) is 14.3 Å². The second-order valence-electron chi connectivity index (χ2n) is 4.71. The average molecular weight is 270 g/mol. The molecule has 0 bridgehead atoms. The van der Waals surface area contributed by atoms with E-state index < -0.39 is 22.3 Å². The van der Waals surface area contributed by atoms with Crippen LogP contribution in [-0.4, -0.2) is 25.7 Å². The topological polar surface area (TPSA) is 63.6 Å². The molecule has 0 aliphatic heterocycles. The molecule has 4 nitrogen and oxygen atoms in total. The smallest absolute Gasteiger partial charge is 0.297 e. The third kappa shape index (κ3) is 2.91. The molecule has 1 N–H and O–H groups in total. The number of aliphatic hydroxyl groups is 1. The predicted octanol–water partition coefficient (Wildman–Crippen LogP) is 2.00. The monoisotopic (exact) mass is 270 g/mol. The summed E-state index contributed by atoms with van der Waals surface area (Å²) in [4.78, 5) is 0.183. The Bertz CT molecular complexity index is 509. The molecule has 1 aliphatic carbocycles. The van der Waals surface area contributed by atoms with E-state index in [1.54, 1.807) is 25.1 Å². The Morgan fingerprint density at radius 2 is 1.89 bits per heavy atom. The summed E-state index contributed by atoms with van der Waals surface area (Å²) in [5, 5.41) is 9.76. The van der Waals surface area contributed by atoms with E-state index in [0.717, 1.165) is 12.8 Å². The van der Waals surface area contributed by atoms with Gasteiger partial charge in [0.1, 0.15) is 6.10 Å². The second-order valence-corrected chi connectivity index (χ2v) is 6.25. The van der Waals surface area contributed by atoms with Gasteiger partial charge in [0, 0.05) is 0 Å². The molecule has 1 saturated carbocycles. The molecule has 2 rings (SSSR count). The molecular weight excluding hydrogens is 252 g/mol. The van der Waals surface area contributed by atoms with Gasteiger partial charge in [-0.2, -0.15) is 8.42 Å². The van der Waals surface area contributed by atoms with Crippen LogP contribution in [0.4, 0.5) is 0 Å². The molecule has 2 unspecified atom stereocenters. The van der Waals surface area contributed by atoms with E-state index in [0.29, 0.717) is 18.4 Å². The van der Waals surface area contributed by atoms with E-state index in [9.17, 15) is 13.5 Å². The number of hydrogen-bond donors (Lipinski definition) is 1. The van der Waals surface area contributed by atoms with Crippen LogP contribution < -0.4 is 0 Å². The van der Waals surface area contributed by atoms with Gasteiger partial charge in [0.05, 0.1) is 11.0 Å². The van der Waals surface area contributed by atoms with Gasteiger partial charge in [0.15, 0.2) is 0 Å². The second kappa shape index (κ2) is 5.38. The van der Waals surface area contributed by atoms with E-state index in [1.807, 2.05) is 0 Å². The maximum atomic E-state index is 12.1. The molecule has 0 radical (unpaired) electrons. The molecule has 0 spiro atoms. The van der Waals surface area contributed by atoms with Gasteiger partial charge in [-0.05, 0) is 31.4 Å². The van der Waals surface area contributed by atoms with Crippen molar-refractivity contribution in [1.82, 2.24) is 0 Å². The summed E-state index contributed by atoms with van der Waals surface area (Å²) in [7, 11) is -3.78. The van der Waals surface area contributed by atoms with Gasteiger partial charge in [0.25, 0.3) is 10.1 Å². The molecule has 1 aromatic carbocycles. The predicted molar refractivity (Wildman–Crippen MR) is 67.7 cm³/mol. The van der Waals surface area contributed by atoms with Gasteiger partial charge >= 0.3 is 0 Å². The van der Waals surface area contributed by atoms with Gasteiger partial charge in [-0.15, -0.1) is 0 Å². The van der Waals surface area contributed by atoms with E-state index in [2.05, 4.69) is 0 Å². The fraction of sp³-hybridized carbons (Fsp3) is 0.538. The third-order valence-corrected chi connectivity index (χ3v) is 4.78. The van der Waals surface area contributed by atoms with Crippen molar-refractivity contribution in [1.29, 1.82) is 0 Å². The van der Waals surface area contributed by atoms with Crippen molar-refractivity contribution < 1.29 is 17.7 Å². The maximum Gasteiger partial charge on any atom is 0.297 e. The lowest BCUT2D eigenvalue weighted by atomic mass is 9.95. The Morgan fingerprint density at radius 3 is 2.56 bits per heavy atom. The van der Waals surface area contributed by atoms with Gasteiger partial charge in [0.2, 0.25) is 0 Å². The number of aliphatic hydroxyl groups excluding tert-OH is 1. The Morgan fingerprint density at radius 1 is 1.22 bits per heavy atom. The van der Waals surface area contributed by atoms with Crippen LogP contribution in [0, 0.1) is 6.92 Å². The molecule has 18 heavy (non-hydrogen) atoms. The van der Waals surface area contributed by atoms with E-state index in [-0.39, 0.29) is 4.90 Å². The van der Waals surface area contributed by atoms with Crippen molar-refractivity contribution in [3.63, 3.8) is 0 Å². The summed E-state index contributed by atoms with van der Waals surface area (Å²) in [6.45, 7) is 1.73. The number of aryl methyl sites for hydroxylation is 1. The normalized spacial score (nSPS) is 25.0. The maximum absolute atomic E-state index is 12.1. The quantitative estimate of drug-likeness (QED) is 0.853. The first kappa shape index (κ1) is 13.5. The lowest BCUT2D eigenvalue weighted by Crippen LogP contribution is -2.34. The van der Waals surface area contributed by atoms with Crippen molar-refractivity contribution in [2.75, 3.05) is 0 Å². The zero-order valence-corrected chi connectivity index (χ0v) is 11.2. The Labute approximate surface area is 108 Å². The van der Waals surface area contributed by atoms with E-state index >= 15 is 0 Å². The van der Waals surface area contributed by atoms with Gasteiger partial charge in [-0.25, -0.2) is 0 Å². The standard InChI is InChI=1S/C13H18O4S/c1-10-6-2-5-9-13(10)18(15,16)17-12-8-4-3-7-11(12)14/h2,5-6,9,11-12,14H,3-4,7-8H2,1H3. The molecule has 1 aromatic rings. The highest BCUT2D eigenvalue weighted by Gasteiger charge is 2.30. The van der Waals surface area contributed by atoms with Gasteiger partial charge < -0.3 is 5.11 Å². The summed E-state index contributed by atoms with van der Waals surface area (Å²) < 4.78 is 29.4. The summed E-state index contributed by atoms with van der Waals surface area (Å²) in [5.74, 6) is 0. The average Bonchev–Trinajstić information content (AvgIpc) is 2.32. The Balaban J connectivity index is 2.19. The SMILES string of the molecule is Cc1ccccc1S(=O)(=O)OC1CCCCC1O. The zero-order chi connectivity index (χ0) is 13.2. The van der Waals surface area contributed by atoms with Gasteiger partial charge in [-0.1, -0.05) is 31.0 Å². The molecule has 0 aromatic heterocycles. The van der Waals surface area contributed by atoms with Crippen molar-refractivity contribution in [3.05, 3.63) is 29.8 Å². The highest BCUT2D eigenvalue weighted by molar-refractivity contribution is 7.86. The number of rotatable bonds is 3. The van der Waals surface area contributed by atoms with E-state index in [4.69, 9.17) is 4.18 Å². The largest absolute Gasteiger partial charge is 0.390 e. The molecule has 0 saturated heterocycles. The molecule has 100 valence electrons. The molecule has 2 atom stereocenters. The highest BCUT2D eigenvalue weighted by atomic mass is 32.2. The van der Waals surface area contributed by atoms with Crippen LogP contribution in [0.2, 0.25) is 0 Å². The summed E-state index contributed by atoms with van der Waals surface area (Å²) in [6.07, 6.45) is 1.72. The zero-order valence-electron chi connectivity index (χ0n) is 10.4. The lowest BCUT2D eigenvalue weighted by molar-refractivity contribution is 0.0104. The molecular formula is C13H18O4S. The third-order valence-electron chi connectivity index (χ3n) is 3.28. The number of benzene rings is 1. The van der Waals surface area contributed by atoms with Crippen LogP contribution in [0.15, 0.2) is 29.2 Å². The Kier molecular flexibility index (Phi) is 4.04. The van der Waals surface area contributed by atoms with Crippen LogP contribution in [0.25, 0.3) is 0 Å². The molecule has 5 heteroatoms. The first-order valence-electron chi connectivity index (χ1n) is 6.18. The summed E-state index contributed by atoms with van der Waals surface area (Å²) >= 11 is 0. The molecule has 0 heterocycles. The number of hydrogen-bond acceptors (Lipinski definition) is 4. The van der Waals surface area contributed by atoms with Crippen molar-refractivity contribution >= 4 is 10.1 Å². The van der Waals surface area contributed by atoms with Crippen LogP contribution in [0.5, 0.6) is 0 Å². The van der Waals surface area contributed by atoms with Crippen LogP contribution in [0.3, 0.4) is 0 Å². The van der Waals surface area contributed by atoms with Crippen molar-refractivity contribution in [2.24, 2.45) is 0 Å². The van der Waals surface area contributed by atoms with Crippen LogP contribution >= 0.6 is 0 Å². The molecule has 0 amide bonds. The summed E-state index contributed by atoms with van der Waals surface area (Å²) in [6, 6.07) is 6.71. The minimum absolute atomic E-state index is 0.183. The van der Waals surface area contributed by atoms with E-state index in [1.165, 1.54) is 6.07 Å². The Hall–Kier alpha value is -0.910. The molecule has 1 aliphatic rings. The van der Waals surface area contributed by atoms with Gasteiger partial charge in [-0.3, -0.25) is 4.18 Å². The van der Waals surface area contributed by atoms with Crippen molar-refractivity contribution in [2.45, 2.75) is 49.7 Å². The first-order valence-corrected chi connectivity index (χ1v) is 7.58. The fourth-order valence-corrected chi connectivity index (χ4v) is 3.60. The van der Waals surface area contributed by atoms with Crippen LogP contribution in [0.1, 0.15) is 31.2 Å². The first-order chi connectivity index (χ1) is 8.50. The molecule has 1 fully saturated rings. The minimum Gasteiger partial charge on any atom is -0.390 e. The minimum atomic E-state index is -3.78. The highest BCUT2D eigenvalue weighted by Crippen LogP contribution is 2.26.